The van der Waals surface area contributed by atoms with Crippen molar-refractivity contribution >= 4 is 17.1 Å². The third-order valence-electron chi connectivity index (χ3n) is 4.28. The van der Waals surface area contributed by atoms with E-state index in [0.29, 0.717) is 29.3 Å². The summed E-state index contributed by atoms with van der Waals surface area (Å²) in [5.41, 5.74) is 7.86. The van der Waals surface area contributed by atoms with Gasteiger partial charge in [0.05, 0.1) is 25.1 Å². The van der Waals surface area contributed by atoms with Crippen LogP contribution in [-0.2, 0) is 4.74 Å². The number of morpholine rings is 1. The Bertz CT molecular complexity index is 931. The van der Waals surface area contributed by atoms with Crippen molar-refractivity contribution in [2.45, 2.75) is 0 Å². The normalized spacial score (nSPS) is 15.1. The van der Waals surface area contributed by atoms with Crippen LogP contribution in [0, 0.1) is 5.82 Å². The van der Waals surface area contributed by atoms with Crippen LogP contribution in [-0.4, -0.2) is 64.3 Å². The van der Waals surface area contributed by atoms with Crippen LogP contribution in [0.3, 0.4) is 0 Å². The molecule has 0 aliphatic carbocycles. The Kier molecular flexibility index (Phi) is 5.03. The zero-order valence-corrected chi connectivity index (χ0v) is 14.6. The number of nitrogen functional groups attached to an aromatic ring is 1. The van der Waals surface area contributed by atoms with Crippen molar-refractivity contribution in [1.82, 2.24) is 24.8 Å². The molecule has 0 bridgehead atoms. The highest BCUT2D eigenvalue weighted by molar-refractivity contribution is 5.79. The quantitative estimate of drug-likeness (QED) is 0.722. The molecule has 2 N–H and O–H groups in total. The summed E-state index contributed by atoms with van der Waals surface area (Å²) in [6.07, 6.45) is 1.57. The van der Waals surface area contributed by atoms with Crippen molar-refractivity contribution in [2.75, 3.05) is 45.2 Å². The molecule has 3 aromatic rings. The predicted octanol–water partition coefficient (Wildman–Crippen LogP) is 1.52. The Morgan fingerprint density at radius 1 is 1.11 bits per heavy atom. The SMILES string of the molecule is Nc1nc(OCCN2CCOCC2)c2nc(-c3ccc(F)cc3)cnc2n1. The van der Waals surface area contributed by atoms with Gasteiger partial charge in [0.2, 0.25) is 11.8 Å². The van der Waals surface area contributed by atoms with E-state index in [2.05, 4.69) is 24.8 Å². The fourth-order valence-electron chi connectivity index (χ4n) is 2.86. The average Bonchev–Trinajstić information content (AvgIpc) is 2.69. The van der Waals surface area contributed by atoms with E-state index in [1.807, 2.05) is 0 Å². The Balaban J connectivity index is 1.58. The first-order valence-corrected chi connectivity index (χ1v) is 8.68. The lowest BCUT2D eigenvalue weighted by molar-refractivity contribution is 0.0321. The molecule has 1 saturated heterocycles. The molecule has 0 radical (unpaired) electrons. The number of hydrogen-bond donors (Lipinski definition) is 1. The van der Waals surface area contributed by atoms with Crippen molar-refractivity contribution in [3.8, 4) is 17.1 Å². The summed E-state index contributed by atoms with van der Waals surface area (Å²) >= 11 is 0. The van der Waals surface area contributed by atoms with E-state index in [0.717, 1.165) is 38.4 Å². The zero-order chi connectivity index (χ0) is 18.6. The van der Waals surface area contributed by atoms with Gasteiger partial charge in [-0.2, -0.15) is 9.97 Å². The van der Waals surface area contributed by atoms with Crippen LogP contribution < -0.4 is 10.5 Å². The molecule has 4 rings (SSSR count). The van der Waals surface area contributed by atoms with Crippen LogP contribution in [0.2, 0.25) is 0 Å². The summed E-state index contributed by atoms with van der Waals surface area (Å²) in [6.45, 7) is 4.41. The van der Waals surface area contributed by atoms with Crippen LogP contribution >= 0.6 is 0 Å². The highest BCUT2D eigenvalue weighted by Crippen LogP contribution is 2.24. The third kappa shape index (κ3) is 4.09. The van der Waals surface area contributed by atoms with Gasteiger partial charge in [0.25, 0.3) is 0 Å². The minimum atomic E-state index is -0.309. The first-order chi connectivity index (χ1) is 13.2. The molecular weight excluding hydrogens is 351 g/mol. The van der Waals surface area contributed by atoms with E-state index >= 15 is 0 Å². The number of anilines is 1. The summed E-state index contributed by atoms with van der Waals surface area (Å²) < 4.78 is 24.3. The van der Waals surface area contributed by atoms with Crippen molar-refractivity contribution < 1.29 is 13.9 Å². The van der Waals surface area contributed by atoms with Crippen molar-refractivity contribution in [1.29, 1.82) is 0 Å². The van der Waals surface area contributed by atoms with Gasteiger partial charge in [-0.05, 0) is 24.3 Å². The lowest BCUT2D eigenvalue weighted by Gasteiger charge is -2.26. The zero-order valence-electron chi connectivity index (χ0n) is 14.6. The predicted molar refractivity (Wildman–Crippen MR) is 97.7 cm³/mol. The number of halogens is 1. The van der Waals surface area contributed by atoms with Crippen molar-refractivity contribution in [2.24, 2.45) is 0 Å². The van der Waals surface area contributed by atoms with Crippen LogP contribution in [0.1, 0.15) is 0 Å². The minimum absolute atomic E-state index is 0.0766. The van der Waals surface area contributed by atoms with E-state index < -0.39 is 0 Å². The van der Waals surface area contributed by atoms with Gasteiger partial charge in [-0.1, -0.05) is 0 Å². The topological polar surface area (TPSA) is 99.3 Å². The number of aromatic nitrogens is 4. The molecule has 0 saturated carbocycles. The summed E-state index contributed by atoms with van der Waals surface area (Å²) in [6, 6.07) is 6.03. The molecule has 0 spiro atoms. The molecular formula is C18H19FN6O2. The molecule has 27 heavy (non-hydrogen) atoms. The van der Waals surface area contributed by atoms with E-state index in [1.54, 1.807) is 18.3 Å². The Hall–Kier alpha value is -2.91. The second-order valence-electron chi connectivity index (χ2n) is 6.12. The third-order valence-corrected chi connectivity index (χ3v) is 4.28. The summed E-state index contributed by atoms with van der Waals surface area (Å²) in [5, 5.41) is 0. The highest BCUT2D eigenvalue weighted by Gasteiger charge is 2.14. The fraction of sp³-hybridized carbons (Fsp3) is 0.333. The minimum Gasteiger partial charge on any atom is -0.475 e. The second kappa shape index (κ2) is 7.77. The summed E-state index contributed by atoms with van der Waals surface area (Å²) in [5.74, 6) is 0.0608. The van der Waals surface area contributed by atoms with E-state index in [1.165, 1.54) is 12.1 Å². The fourth-order valence-corrected chi connectivity index (χ4v) is 2.86. The molecule has 8 nitrogen and oxygen atoms in total. The van der Waals surface area contributed by atoms with Gasteiger partial charge in [-0.25, -0.2) is 14.4 Å². The van der Waals surface area contributed by atoms with E-state index in [9.17, 15) is 4.39 Å². The molecule has 2 aromatic heterocycles. The second-order valence-corrected chi connectivity index (χ2v) is 6.12. The molecule has 0 amide bonds. The van der Waals surface area contributed by atoms with Gasteiger partial charge in [-0.3, -0.25) is 4.90 Å². The average molecular weight is 370 g/mol. The standard InChI is InChI=1S/C18H19FN6O2/c19-13-3-1-12(2-4-13)14-11-21-16-15(22-14)17(24-18(20)23-16)27-10-7-25-5-8-26-9-6-25/h1-4,11H,5-10H2,(H2,20,21,23,24). The molecule has 0 atom stereocenters. The largest absolute Gasteiger partial charge is 0.475 e. The summed E-state index contributed by atoms with van der Waals surface area (Å²) in [4.78, 5) is 19.4. The molecule has 1 aliphatic heterocycles. The van der Waals surface area contributed by atoms with Gasteiger partial charge < -0.3 is 15.2 Å². The monoisotopic (exact) mass is 370 g/mol. The lowest BCUT2D eigenvalue weighted by Crippen LogP contribution is -2.38. The number of nitrogens with zero attached hydrogens (tertiary/aromatic N) is 5. The van der Waals surface area contributed by atoms with Crippen LogP contribution in [0.5, 0.6) is 5.88 Å². The summed E-state index contributed by atoms with van der Waals surface area (Å²) in [7, 11) is 0. The highest BCUT2D eigenvalue weighted by atomic mass is 19.1. The van der Waals surface area contributed by atoms with Gasteiger partial charge in [0.15, 0.2) is 11.2 Å². The molecule has 9 heteroatoms. The van der Waals surface area contributed by atoms with E-state index in [-0.39, 0.29) is 11.8 Å². The van der Waals surface area contributed by atoms with Crippen LogP contribution in [0.25, 0.3) is 22.4 Å². The Morgan fingerprint density at radius 3 is 2.67 bits per heavy atom. The van der Waals surface area contributed by atoms with Crippen LogP contribution in [0.4, 0.5) is 10.3 Å². The lowest BCUT2D eigenvalue weighted by atomic mass is 10.1. The van der Waals surface area contributed by atoms with E-state index in [4.69, 9.17) is 15.2 Å². The molecule has 1 fully saturated rings. The maximum atomic E-state index is 13.2. The number of fused-ring (bicyclic) bond motifs is 1. The molecule has 3 heterocycles. The number of rotatable bonds is 5. The number of ether oxygens (including phenoxy) is 2. The first kappa shape index (κ1) is 17.5. The van der Waals surface area contributed by atoms with Gasteiger partial charge in [-0.15, -0.1) is 0 Å². The number of nitrogens with two attached hydrogens (primary N) is 1. The smallest absolute Gasteiger partial charge is 0.247 e. The van der Waals surface area contributed by atoms with Gasteiger partial charge >= 0.3 is 0 Å². The molecule has 1 aliphatic rings. The molecule has 0 unspecified atom stereocenters. The Morgan fingerprint density at radius 2 is 1.89 bits per heavy atom. The van der Waals surface area contributed by atoms with Gasteiger partial charge in [0, 0.05) is 25.2 Å². The molecule has 1 aromatic carbocycles. The van der Waals surface area contributed by atoms with Gasteiger partial charge in [0.1, 0.15) is 12.4 Å². The number of benzene rings is 1. The van der Waals surface area contributed by atoms with Crippen molar-refractivity contribution in [3.05, 3.63) is 36.3 Å². The maximum Gasteiger partial charge on any atom is 0.247 e. The number of hydrogen-bond acceptors (Lipinski definition) is 8. The Labute approximate surface area is 155 Å². The first-order valence-electron chi connectivity index (χ1n) is 8.68. The van der Waals surface area contributed by atoms with Crippen LogP contribution in [0.15, 0.2) is 30.5 Å². The van der Waals surface area contributed by atoms with Crippen molar-refractivity contribution in [3.63, 3.8) is 0 Å². The molecule has 140 valence electrons. The maximum absolute atomic E-state index is 13.2.